The molecule has 0 amide bonds. The van der Waals surface area contributed by atoms with Crippen LogP contribution in [0.5, 0.6) is 0 Å². The van der Waals surface area contributed by atoms with Crippen LogP contribution in [0.25, 0.3) is 0 Å². The van der Waals surface area contributed by atoms with Gasteiger partial charge in [0, 0.05) is 5.02 Å². The highest BCUT2D eigenvalue weighted by molar-refractivity contribution is 6.31. The zero-order valence-electron chi connectivity index (χ0n) is 10.6. The summed E-state index contributed by atoms with van der Waals surface area (Å²) in [7, 11) is 0. The Hall–Kier alpha value is -0.530. The first-order chi connectivity index (χ1) is 8.08. The van der Waals surface area contributed by atoms with Crippen molar-refractivity contribution in [3.8, 4) is 0 Å². The molecular formula is C15H21ClO. The van der Waals surface area contributed by atoms with Crippen LogP contribution in [0, 0.1) is 18.8 Å². The van der Waals surface area contributed by atoms with Crippen molar-refractivity contribution >= 4 is 11.6 Å². The van der Waals surface area contributed by atoms with E-state index in [0.29, 0.717) is 5.92 Å². The third kappa shape index (κ3) is 3.02. The molecule has 0 radical (unpaired) electrons. The summed E-state index contributed by atoms with van der Waals surface area (Å²) in [4.78, 5) is 0. The SMILES string of the molecule is Cc1cc(C(O)C2CCCC(C)C2)ccc1Cl. The molecule has 0 heterocycles. The number of aliphatic hydroxyl groups is 1. The number of aryl methyl sites for hydroxylation is 1. The highest BCUT2D eigenvalue weighted by Crippen LogP contribution is 2.37. The standard InChI is InChI=1S/C15H21ClO/c1-10-4-3-5-12(8-10)15(17)13-6-7-14(16)11(2)9-13/h6-7,9-10,12,15,17H,3-5,8H2,1-2H3. The minimum Gasteiger partial charge on any atom is -0.388 e. The molecule has 3 atom stereocenters. The van der Waals surface area contributed by atoms with Crippen LogP contribution in [0.3, 0.4) is 0 Å². The van der Waals surface area contributed by atoms with E-state index in [0.717, 1.165) is 34.9 Å². The molecule has 1 saturated carbocycles. The van der Waals surface area contributed by atoms with Gasteiger partial charge in [-0.2, -0.15) is 0 Å². The van der Waals surface area contributed by atoms with Gasteiger partial charge in [0.05, 0.1) is 6.10 Å². The van der Waals surface area contributed by atoms with E-state index in [2.05, 4.69) is 6.92 Å². The molecule has 0 aliphatic heterocycles. The largest absolute Gasteiger partial charge is 0.388 e. The normalized spacial score (nSPS) is 26.8. The lowest BCUT2D eigenvalue weighted by molar-refractivity contribution is 0.0714. The van der Waals surface area contributed by atoms with Crippen molar-refractivity contribution < 1.29 is 5.11 Å². The first kappa shape index (κ1) is 12.9. The van der Waals surface area contributed by atoms with E-state index >= 15 is 0 Å². The second kappa shape index (κ2) is 5.41. The topological polar surface area (TPSA) is 20.2 Å². The quantitative estimate of drug-likeness (QED) is 0.821. The van der Waals surface area contributed by atoms with Crippen LogP contribution in [-0.2, 0) is 0 Å². The molecule has 2 rings (SSSR count). The van der Waals surface area contributed by atoms with Gasteiger partial charge >= 0.3 is 0 Å². The molecule has 0 saturated heterocycles. The van der Waals surface area contributed by atoms with Crippen molar-refractivity contribution in [3.05, 3.63) is 34.3 Å². The van der Waals surface area contributed by atoms with Gasteiger partial charge in [0.1, 0.15) is 0 Å². The minimum absolute atomic E-state index is 0.325. The maximum Gasteiger partial charge on any atom is 0.0818 e. The van der Waals surface area contributed by atoms with Crippen molar-refractivity contribution in [3.63, 3.8) is 0 Å². The molecule has 1 aliphatic carbocycles. The number of halogens is 1. The molecule has 3 unspecified atom stereocenters. The van der Waals surface area contributed by atoms with E-state index < -0.39 is 0 Å². The molecule has 1 fully saturated rings. The fourth-order valence-electron chi connectivity index (χ4n) is 2.89. The Kier molecular flexibility index (Phi) is 4.11. The molecular weight excluding hydrogens is 232 g/mol. The fraction of sp³-hybridized carbons (Fsp3) is 0.600. The lowest BCUT2D eigenvalue weighted by Crippen LogP contribution is -2.20. The summed E-state index contributed by atoms with van der Waals surface area (Å²) < 4.78 is 0. The average Bonchev–Trinajstić information content (AvgIpc) is 2.32. The van der Waals surface area contributed by atoms with Gasteiger partial charge in [0.15, 0.2) is 0 Å². The molecule has 1 aromatic rings. The first-order valence-electron chi connectivity index (χ1n) is 6.52. The van der Waals surface area contributed by atoms with E-state index in [9.17, 15) is 5.11 Å². The summed E-state index contributed by atoms with van der Waals surface area (Å²) in [6.07, 6.45) is 4.52. The van der Waals surface area contributed by atoms with Crippen molar-refractivity contribution in [1.29, 1.82) is 0 Å². The monoisotopic (exact) mass is 252 g/mol. The van der Waals surface area contributed by atoms with Crippen LogP contribution in [0.4, 0.5) is 0 Å². The molecule has 0 aromatic heterocycles. The van der Waals surface area contributed by atoms with Crippen LogP contribution < -0.4 is 0 Å². The van der Waals surface area contributed by atoms with Gasteiger partial charge in [-0.3, -0.25) is 0 Å². The Morgan fingerprint density at radius 3 is 2.76 bits per heavy atom. The number of benzene rings is 1. The van der Waals surface area contributed by atoms with Crippen LogP contribution in [0.15, 0.2) is 18.2 Å². The predicted molar refractivity (Wildman–Crippen MR) is 72.3 cm³/mol. The summed E-state index contributed by atoms with van der Waals surface area (Å²) in [5, 5.41) is 11.2. The van der Waals surface area contributed by atoms with E-state index in [1.807, 2.05) is 25.1 Å². The Balaban J connectivity index is 2.12. The van der Waals surface area contributed by atoms with Gasteiger partial charge in [0.2, 0.25) is 0 Å². The lowest BCUT2D eigenvalue weighted by Gasteiger charge is -2.30. The molecule has 17 heavy (non-hydrogen) atoms. The van der Waals surface area contributed by atoms with Gasteiger partial charge in [-0.1, -0.05) is 43.5 Å². The maximum atomic E-state index is 10.4. The van der Waals surface area contributed by atoms with Crippen molar-refractivity contribution in [1.82, 2.24) is 0 Å². The molecule has 1 nitrogen and oxygen atoms in total. The summed E-state index contributed by atoms with van der Waals surface area (Å²) in [6.45, 7) is 4.27. The number of rotatable bonds is 2. The Morgan fingerprint density at radius 2 is 2.12 bits per heavy atom. The summed E-state index contributed by atoms with van der Waals surface area (Å²) >= 11 is 6.01. The van der Waals surface area contributed by atoms with Crippen molar-refractivity contribution in [2.75, 3.05) is 0 Å². The Bertz CT molecular complexity index is 389. The molecule has 2 heteroatoms. The Labute approximate surface area is 109 Å². The van der Waals surface area contributed by atoms with E-state index in [1.165, 1.54) is 12.8 Å². The van der Waals surface area contributed by atoms with Crippen LogP contribution in [-0.4, -0.2) is 5.11 Å². The molecule has 1 aromatic carbocycles. The lowest BCUT2D eigenvalue weighted by atomic mass is 9.78. The second-order valence-electron chi connectivity index (χ2n) is 5.49. The molecule has 94 valence electrons. The van der Waals surface area contributed by atoms with E-state index in [4.69, 9.17) is 11.6 Å². The van der Waals surface area contributed by atoms with Gasteiger partial charge in [-0.15, -0.1) is 0 Å². The average molecular weight is 253 g/mol. The number of hydrogen-bond acceptors (Lipinski definition) is 1. The zero-order valence-corrected chi connectivity index (χ0v) is 11.4. The van der Waals surface area contributed by atoms with Crippen molar-refractivity contribution in [2.45, 2.75) is 45.6 Å². The fourth-order valence-corrected chi connectivity index (χ4v) is 3.01. The molecule has 1 aliphatic rings. The smallest absolute Gasteiger partial charge is 0.0818 e. The highest BCUT2D eigenvalue weighted by atomic mass is 35.5. The Morgan fingerprint density at radius 1 is 1.35 bits per heavy atom. The predicted octanol–water partition coefficient (Wildman–Crippen LogP) is 4.51. The summed E-state index contributed by atoms with van der Waals surface area (Å²) in [6, 6.07) is 5.87. The summed E-state index contributed by atoms with van der Waals surface area (Å²) in [5.74, 6) is 1.16. The van der Waals surface area contributed by atoms with Crippen LogP contribution in [0.2, 0.25) is 5.02 Å². The van der Waals surface area contributed by atoms with Gasteiger partial charge in [-0.05, 0) is 48.8 Å². The first-order valence-corrected chi connectivity index (χ1v) is 6.90. The van der Waals surface area contributed by atoms with Crippen molar-refractivity contribution in [2.24, 2.45) is 11.8 Å². The second-order valence-corrected chi connectivity index (χ2v) is 5.89. The molecule has 1 N–H and O–H groups in total. The summed E-state index contributed by atoms with van der Waals surface area (Å²) in [5.41, 5.74) is 2.07. The van der Waals surface area contributed by atoms with Gasteiger partial charge in [-0.25, -0.2) is 0 Å². The third-order valence-corrected chi connectivity index (χ3v) is 4.37. The molecule has 0 bridgehead atoms. The zero-order chi connectivity index (χ0) is 12.4. The van der Waals surface area contributed by atoms with Gasteiger partial charge < -0.3 is 5.11 Å². The van der Waals surface area contributed by atoms with Crippen LogP contribution >= 0.6 is 11.6 Å². The maximum absolute atomic E-state index is 10.4. The highest BCUT2D eigenvalue weighted by Gasteiger charge is 2.26. The van der Waals surface area contributed by atoms with E-state index in [1.54, 1.807) is 0 Å². The molecule has 0 spiro atoms. The number of aliphatic hydroxyl groups excluding tert-OH is 1. The third-order valence-electron chi connectivity index (χ3n) is 3.95. The minimum atomic E-state index is -0.325. The van der Waals surface area contributed by atoms with Gasteiger partial charge in [0.25, 0.3) is 0 Å². The van der Waals surface area contributed by atoms with E-state index in [-0.39, 0.29) is 6.10 Å². The van der Waals surface area contributed by atoms with Crippen LogP contribution in [0.1, 0.15) is 49.8 Å². The number of hydrogen-bond donors (Lipinski definition) is 1.